The van der Waals surface area contributed by atoms with Gasteiger partial charge in [0.25, 0.3) is 0 Å². The molecule has 0 saturated carbocycles. The molecule has 3 atom stereocenters. The fraction of sp³-hybridized carbons (Fsp3) is 1.00. The normalized spacial score (nSPS) is 31.0. The van der Waals surface area contributed by atoms with Crippen molar-refractivity contribution in [1.82, 2.24) is 5.32 Å². The Kier molecular flexibility index (Phi) is 4.52. The molecule has 1 aliphatic rings. The Hall–Kier alpha value is -0.120. The minimum absolute atomic E-state index is 0.0499. The molecule has 0 radical (unpaired) electrons. The number of hydrogen-bond acceptors (Lipinski definition) is 3. The second kappa shape index (κ2) is 5.10. The molecule has 0 amide bonds. The second-order valence-electron chi connectivity index (χ2n) is 6.91. The van der Waals surface area contributed by atoms with Gasteiger partial charge in [-0.2, -0.15) is 0 Å². The Morgan fingerprint density at radius 1 is 1.39 bits per heavy atom. The molecule has 18 heavy (non-hydrogen) atoms. The lowest BCUT2D eigenvalue weighted by atomic mass is 9.74. The monoisotopic (exact) mass is 257 g/mol. The maximum atomic E-state index is 6.22. The van der Waals surface area contributed by atoms with Gasteiger partial charge in [-0.25, -0.2) is 0 Å². The van der Waals surface area contributed by atoms with E-state index in [0.717, 1.165) is 12.8 Å². The van der Waals surface area contributed by atoms with Crippen molar-refractivity contribution in [1.29, 1.82) is 0 Å². The van der Waals surface area contributed by atoms with Gasteiger partial charge in [-0.1, -0.05) is 6.92 Å². The van der Waals surface area contributed by atoms with Crippen LogP contribution in [0.25, 0.3) is 0 Å². The third-order valence-electron chi connectivity index (χ3n) is 4.68. The fourth-order valence-electron chi connectivity index (χ4n) is 3.55. The van der Waals surface area contributed by atoms with Crippen LogP contribution in [0.4, 0.5) is 0 Å². The highest BCUT2D eigenvalue weighted by atomic mass is 16.5. The Morgan fingerprint density at radius 2 is 1.94 bits per heavy atom. The average Bonchev–Trinajstić information content (AvgIpc) is 2.47. The van der Waals surface area contributed by atoms with Gasteiger partial charge in [-0.05, 0) is 54.5 Å². The van der Waals surface area contributed by atoms with Crippen molar-refractivity contribution < 1.29 is 9.47 Å². The van der Waals surface area contributed by atoms with E-state index < -0.39 is 0 Å². The van der Waals surface area contributed by atoms with Crippen LogP contribution in [0.2, 0.25) is 0 Å². The minimum Gasteiger partial charge on any atom is -0.377 e. The molecule has 3 heteroatoms. The fourth-order valence-corrected chi connectivity index (χ4v) is 3.55. The maximum absolute atomic E-state index is 6.22. The van der Waals surface area contributed by atoms with Crippen LogP contribution in [0.15, 0.2) is 0 Å². The zero-order valence-electron chi connectivity index (χ0n) is 13.4. The number of hydrogen-bond donors (Lipinski definition) is 1. The van der Waals surface area contributed by atoms with Gasteiger partial charge in [-0.3, -0.25) is 0 Å². The van der Waals surface area contributed by atoms with Crippen LogP contribution in [0.3, 0.4) is 0 Å². The van der Waals surface area contributed by atoms with E-state index in [1.54, 1.807) is 0 Å². The largest absolute Gasteiger partial charge is 0.377 e. The van der Waals surface area contributed by atoms with Crippen molar-refractivity contribution in [2.75, 3.05) is 14.2 Å². The standard InChI is InChI=1S/C15H31NO2/c1-9-15(6,17-8)12(16-7)11-10-13(2,3)18-14(11,4)5/h11-12,16H,9-10H2,1-8H3. The third-order valence-corrected chi connectivity index (χ3v) is 4.68. The number of rotatable bonds is 5. The molecule has 108 valence electrons. The van der Waals surface area contributed by atoms with Crippen molar-refractivity contribution in [3.63, 3.8) is 0 Å². The van der Waals surface area contributed by atoms with Gasteiger partial charge in [0, 0.05) is 19.1 Å². The van der Waals surface area contributed by atoms with E-state index in [2.05, 4.69) is 46.9 Å². The Morgan fingerprint density at radius 3 is 2.22 bits per heavy atom. The summed E-state index contributed by atoms with van der Waals surface area (Å²) >= 11 is 0. The summed E-state index contributed by atoms with van der Waals surface area (Å²) in [6.07, 6.45) is 2.05. The predicted molar refractivity (Wildman–Crippen MR) is 75.9 cm³/mol. The minimum atomic E-state index is -0.152. The first-order valence-electron chi connectivity index (χ1n) is 7.04. The van der Waals surface area contributed by atoms with Crippen LogP contribution < -0.4 is 5.32 Å². The van der Waals surface area contributed by atoms with Gasteiger partial charge in [0.2, 0.25) is 0 Å². The van der Waals surface area contributed by atoms with E-state index in [0.29, 0.717) is 12.0 Å². The zero-order chi connectivity index (χ0) is 14.2. The van der Waals surface area contributed by atoms with Crippen molar-refractivity contribution >= 4 is 0 Å². The van der Waals surface area contributed by atoms with Crippen molar-refractivity contribution in [3.05, 3.63) is 0 Å². The van der Waals surface area contributed by atoms with E-state index in [9.17, 15) is 0 Å². The maximum Gasteiger partial charge on any atom is 0.0804 e. The molecule has 3 unspecified atom stereocenters. The highest BCUT2D eigenvalue weighted by Crippen LogP contribution is 2.46. The lowest BCUT2D eigenvalue weighted by Gasteiger charge is -2.43. The topological polar surface area (TPSA) is 30.5 Å². The Labute approximate surface area is 113 Å². The van der Waals surface area contributed by atoms with Gasteiger partial charge in [0.05, 0.1) is 16.8 Å². The van der Waals surface area contributed by atoms with Crippen LogP contribution in [-0.2, 0) is 9.47 Å². The van der Waals surface area contributed by atoms with Crippen LogP contribution in [0.5, 0.6) is 0 Å². The molecule has 1 rings (SSSR count). The molecule has 0 aromatic heterocycles. The first-order chi connectivity index (χ1) is 8.12. The van der Waals surface area contributed by atoms with Crippen LogP contribution in [-0.4, -0.2) is 37.0 Å². The van der Waals surface area contributed by atoms with Crippen molar-refractivity contribution in [2.24, 2.45) is 5.92 Å². The molecule has 1 N–H and O–H groups in total. The molecular weight excluding hydrogens is 226 g/mol. The SMILES string of the molecule is CCC(C)(OC)C(NC)C1CC(C)(C)OC1(C)C. The number of methoxy groups -OCH3 is 1. The number of likely N-dealkylation sites (N-methyl/N-ethyl adjacent to an activating group) is 1. The molecule has 0 spiro atoms. The molecule has 1 aliphatic heterocycles. The molecule has 1 fully saturated rings. The molecule has 0 aromatic rings. The quantitative estimate of drug-likeness (QED) is 0.821. The summed E-state index contributed by atoms with van der Waals surface area (Å²) in [5.41, 5.74) is -0.321. The zero-order valence-corrected chi connectivity index (χ0v) is 13.4. The highest BCUT2D eigenvalue weighted by Gasteiger charge is 2.52. The van der Waals surface area contributed by atoms with Gasteiger partial charge >= 0.3 is 0 Å². The summed E-state index contributed by atoms with van der Waals surface area (Å²) in [6, 6.07) is 0.296. The first kappa shape index (κ1) is 15.9. The Balaban J connectivity index is 3.03. The Bertz CT molecular complexity index is 282. The number of nitrogens with one attached hydrogen (secondary N) is 1. The van der Waals surface area contributed by atoms with Crippen LogP contribution in [0, 0.1) is 5.92 Å². The second-order valence-corrected chi connectivity index (χ2v) is 6.91. The lowest BCUT2D eigenvalue weighted by Crippen LogP contribution is -2.56. The smallest absolute Gasteiger partial charge is 0.0804 e. The predicted octanol–water partition coefficient (Wildman–Crippen LogP) is 2.98. The third kappa shape index (κ3) is 2.89. The van der Waals surface area contributed by atoms with Crippen molar-refractivity contribution in [3.8, 4) is 0 Å². The summed E-state index contributed by atoms with van der Waals surface area (Å²) in [5.74, 6) is 0.447. The molecule has 1 heterocycles. The first-order valence-corrected chi connectivity index (χ1v) is 7.04. The highest BCUT2D eigenvalue weighted by molar-refractivity contribution is 5.04. The molecule has 0 aromatic carbocycles. The van der Waals surface area contributed by atoms with E-state index in [4.69, 9.17) is 9.47 Å². The molecule has 1 saturated heterocycles. The van der Waals surface area contributed by atoms with Gasteiger partial charge in [0.15, 0.2) is 0 Å². The lowest BCUT2D eigenvalue weighted by molar-refractivity contribution is -0.0986. The van der Waals surface area contributed by atoms with E-state index in [1.165, 1.54) is 0 Å². The summed E-state index contributed by atoms with van der Waals surface area (Å²) in [6.45, 7) is 13.1. The summed E-state index contributed by atoms with van der Waals surface area (Å²) in [4.78, 5) is 0. The van der Waals surface area contributed by atoms with Crippen LogP contribution in [0.1, 0.15) is 54.4 Å². The summed E-state index contributed by atoms with van der Waals surface area (Å²) in [5, 5.41) is 3.47. The van der Waals surface area contributed by atoms with Gasteiger partial charge < -0.3 is 14.8 Å². The summed E-state index contributed by atoms with van der Waals surface area (Å²) < 4.78 is 12.0. The average molecular weight is 257 g/mol. The summed E-state index contributed by atoms with van der Waals surface area (Å²) in [7, 11) is 3.83. The van der Waals surface area contributed by atoms with Gasteiger partial charge in [0.1, 0.15) is 0 Å². The number of ether oxygens (including phenoxy) is 2. The van der Waals surface area contributed by atoms with E-state index in [-0.39, 0.29) is 16.8 Å². The van der Waals surface area contributed by atoms with Crippen LogP contribution >= 0.6 is 0 Å². The van der Waals surface area contributed by atoms with E-state index >= 15 is 0 Å². The molecule has 0 bridgehead atoms. The molecule has 0 aliphatic carbocycles. The molecule has 3 nitrogen and oxygen atoms in total. The van der Waals surface area contributed by atoms with Crippen molar-refractivity contribution in [2.45, 2.75) is 77.2 Å². The van der Waals surface area contributed by atoms with Gasteiger partial charge in [-0.15, -0.1) is 0 Å². The molecular formula is C15H31NO2. The van der Waals surface area contributed by atoms with E-state index in [1.807, 2.05) is 14.2 Å².